The molecule has 1 saturated heterocycles. The number of hydrogen-bond donors (Lipinski definition) is 0. The summed E-state index contributed by atoms with van der Waals surface area (Å²) in [6, 6.07) is 17.7. The van der Waals surface area contributed by atoms with E-state index in [-0.39, 0.29) is 11.4 Å². The fourth-order valence-electron chi connectivity index (χ4n) is 3.44. The molecular weight excluding hydrogens is 458 g/mol. The number of ether oxygens (including phenoxy) is 2. The summed E-state index contributed by atoms with van der Waals surface area (Å²) in [5, 5.41) is 2.24. The van der Waals surface area contributed by atoms with Gasteiger partial charge < -0.3 is 9.47 Å². The number of fused-ring (bicyclic) bond motifs is 1. The van der Waals surface area contributed by atoms with E-state index in [1.54, 1.807) is 18.2 Å². The minimum Gasteiger partial charge on any atom is -0.490 e. The molecule has 0 saturated carbocycles. The molecule has 33 heavy (non-hydrogen) atoms. The average Bonchev–Trinajstić information content (AvgIpc) is 3.06. The van der Waals surface area contributed by atoms with Crippen molar-refractivity contribution < 1.29 is 19.1 Å². The van der Waals surface area contributed by atoms with Crippen LogP contribution >= 0.6 is 23.4 Å². The highest BCUT2D eigenvalue weighted by Crippen LogP contribution is 2.39. The number of carbonyl (C=O) groups is 2. The van der Waals surface area contributed by atoms with Crippen LogP contribution in [0.15, 0.2) is 59.5 Å². The number of benzene rings is 3. The summed E-state index contributed by atoms with van der Waals surface area (Å²) in [6.07, 6.45) is 6.85. The maximum absolute atomic E-state index is 12.5. The molecule has 1 heterocycles. The van der Waals surface area contributed by atoms with Crippen LogP contribution in [0.25, 0.3) is 16.8 Å². The molecule has 7 heteroatoms. The minimum atomic E-state index is -0.423. The predicted octanol–water partition coefficient (Wildman–Crippen LogP) is 6.14. The smallest absolute Gasteiger partial charge is 0.294 e. The van der Waals surface area contributed by atoms with Gasteiger partial charge in [-0.1, -0.05) is 53.9 Å². The van der Waals surface area contributed by atoms with Gasteiger partial charge in [0.15, 0.2) is 11.5 Å². The summed E-state index contributed by atoms with van der Waals surface area (Å²) >= 11 is 7.37. The summed E-state index contributed by atoms with van der Waals surface area (Å²) in [5.74, 6) is 2.78. The summed E-state index contributed by atoms with van der Waals surface area (Å²) in [4.78, 5) is 25.8. The SMILES string of the molecule is C#CCN1C(=O)S/C(=C/c2cc(Cl)c(OCc3ccc4ccccc4c3)c(OCC)c2)C1=O. The second-order valence-corrected chi connectivity index (χ2v) is 8.61. The van der Waals surface area contributed by atoms with Crippen molar-refractivity contribution in [2.75, 3.05) is 13.2 Å². The van der Waals surface area contributed by atoms with Crippen molar-refractivity contribution in [3.05, 3.63) is 75.7 Å². The van der Waals surface area contributed by atoms with Gasteiger partial charge in [0.2, 0.25) is 0 Å². The quantitative estimate of drug-likeness (QED) is 0.302. The Bertz CT molecular complexity index is 1310. The van der Waals surface area contributed by atoms with E-state index in [1.807, 2.05) is 25.1 Å². The van der Waals surface area contributed by atoms with Crippen LogP contribution in [0.3, 0.4) is 0 Å². The van der Waals surface area contributed by atoms with Crippen molar-refractivity contribution in [2.24, 2.45) is 0 Å². The molecule has 0 atom stereocenters. The standard InChI is InChI=1S/C26H20ClNO4S/c1-3-11-28-25(29)23(33-26(28)30)15-18-13-21(27)24(22(14-18)31-4-2)32-16-17-9-10-19-7-5-6-8-20(19)12-17/h1,5-10,12-15H,4,11,16H2,2H3/b23-15+. The molecule has 2 amide bonds. The normalized spacial score (nSPS) is 14.7. The zero-order valence-corrected chi connectivity index (χ0v) is 19.4. The van der Waals surface area contributed by atoms with Crippen molar-refractivity contribution in [1.82, 2.24) is 4.90 Å². The zero-order chi connectivity index (χ0) is 23.4. The molecule has 0 bridgehead atoms. The highest BCUT2D eigenvalue weighted by Gasteiger charge is 2.34. The molecular formula is C26H20ClNO4S. The molecule has 0 radical (unpaired) electrons. The molecule has 5 nitrogen and oxygen atoms in total. The second kappa shape index (κ2) is 10.0. The monoisotopic (exact) mass is 477 g/mol. The molecule has 4 rings (SSSR count). The van der Waals surface area contributed by atoms with Crippen LogP contribution in [0.5, 0.6) is 11.5 Å². The van der Waals surface area contributed by atoms with Crippen LogP contribution in [0.2, 0.25) is 5.02 Å². The molecule has 0 aromatic heterocycles. The molecule has 0 N–H and O–H groups in total. The Kier molecular flexibility index (Phi) is 6.93. The molecule has 1 fully saturated rings. The molecule has 3 aromatic rings. The summed E-state index contributed by atoms with van der Waals surface area (Å²) < 4.78 is 11.8. The number of halogens is 1. The Morgan fingerprint density at radius 3 is 2.64 bits per heavy atom. The first kappa shape index (κ1) is 22.8. The number of imide groups is 1. The Balaban J connectivity index is 1.58. The number of terminal acetylenes is 1. The van der Waals surface area contributed by atoms with Crippen molar-refractivity contribution in [3.8, 4) is 23.8 Å². The van der Waals surface area contributed by atoms with E-state index in [0.717, 1.165) is 33.0 Å². The van der Waals surface area contributed by atoms with Gasteiger partial charge in [0.1, 0.15) is 6.61 Å². The Labute approximate surface area is 201 Å². The van der Waals surface area contributed by atoms with Crippen LogP contribution in [-0.2, 0) is 11.4 Å². The Hall–Kier alpha value is -3.40. The highest BCUT2D eigenvalue weighted by molar-refractivity contribution is 8.18. The van der Waals surface area contributed by atoms with Crippen LogP contribution in [0.4, 0.5) is 4.79 Å². The third kappa shape index (κ3) is 5.00. The molecule has 0 spiro atoms. The molecule has 0 aliphatic carbocycles. The first-order valence-electron chi connectivity index (χ1n) is 10.3. The maximum atomic E-state index is 12.5. The van der Waals surface area contributed by atoms with Crippen molar-refractivity contribution in [1.29, 1.82) is 0 Å². The minimum absolute atomic E-state index is 0.0610. The number of amides is 2. The van der Waals surface area contributed by atoms with Crippen LogP contribution in [0.1, 0.15) is 18.1 Å². The third-order valence-corrected chi connectivity index (χ3v) is 6.14. The van der Waals surface area contributed by atoms with Crippen LogP contribution in [-0.4, -0.2) is 29.2 Å². The van der Waals surface area contributed by atoms with Gasteiger partial charge in [0.05, 0.1) is 23.1 Å². The summed E-state index contributed by atoms with van der Waals surface area (Å²) in [5.41, 5.74) is 1.62. The zero-order valence-electron chi connectivity index (χ0n) is 17.8. The van der Waals surface area contributed by atoms with Gasteiger partial charge in [0.25, 0.3) is 11.1 Å². The lowest BCUT2D eigenvalue weighted by Gasteiger charge is -2.15. The van der Waals surface area contributed by atoms with E-state index in [1.165, 1.54) is 0 Å². The predicted molar refractivity (Wildman–Crippen MR) is 132 cm³/mol. The topological polar surface area (TPSA) is 55.8 Å². The second-order valence-electron chi connectivity index (χ2n) is 7.21. The number of carbonyl (C=O) groups excluding carboxylic acids is 2. The highest BCUT2D eigenvalue weighted by atomic mass is 35.5. The van der Waals surface area contributed by atoms with Crippen molar-refractivity contribution in [3.63, 3.8) is 0 Å². The van der Waals surface area contributed by atoms with Gasteiger partial charge in [-0.05, 0) is 64.9 Å². The van der Waals surface area contributed by atoms with E-state index in [9.17, 15) is 9.59 Å². The number of nitrogens with zero attached hydrogens (tertiary/aromatic N) is 1. The first-order chi connectivity index (χ1) is 16.0. The molecule has 3 aromatic carbocycles. The third-order valence-electron chi connectivity index (χ3n) is 4.95. The average molecular weight is 478 g/mol. The maximum Gasteiger partial charge on any atom is 0.294 e. The van der Waals surface area contributed by atoms with Crippen LogP contribution < -0.4 is 9.47 Å². The molecule has 1 aliphatic heterocycles. The Morgan fingerprint density at radius 1 is 1.09 bits per heavy atom. The summed E-state index contributed by atoms with van der Waals surface area (Å²) in [6.45, 7) is 2.52. The van der Waals surface area contributed by atoms with E-state index in [4.69, 9.17) is 27.5 Å². The summed E-state index contributed by atoms with van der Waals surface area (Å²) in [7, 11) is 0. The van der Waals surface area contributed by atoms with Crippen molar-refractivity contribution >= 4 is 51.4 Å². The van der Waals surface area contributed by atoms with Crippen LogP contribution in [0, 0.1) is 12.3 Å². The molecule has 1 aliphatic rings. The number of rotatable bonds is 7. The van der Waals surface area contributed by atoms with Gasteiger partial charge in [0, 0.05) is 0 Å². The van der Waals surface area contributed by atoms with Gasteiger partial charge in [-0.25, -0.2) is 0 Å². The molecule has 0 unspecified atom stereocenters. The first-order valence-corrected chi connectivity index (χ1v) is 11.4. The lowest BCUT2D eigenvalue weighted by atomic mass is 10.1. The van der Waals surface area contributed by atoms with E-state index < -0.39 is 11.1 Å². The molecule has 166 valence electrons. The fraction of sp³-hybridized carbons (Fsp3) is 0.154. The van der Waals surface area contributed by atoms with Crippen molar-refractivity contribution in [2.45, 2.75) is 13.5 Å². The lowest BCUT2D eigenvalue weighted by Crippen LogP contribution is -2.28. The largest absolute Gasteiger partial charge is 0.490 e. The fourth-order valence-corrected chi connectivity index (χ4v) is 4.55. The van der Waals surface area contributed by atoms with E-state index in [2.05, 4.69) is 30.2 Å². The number of hydrogen-bond acceptors (Lipinski definition) is 5. The van der Waals surface area contributed by atoms with Gasteiger partial charge in [-0.3, -0.25) is 14.5 Å². The van der Waals surface area contributed by atoms with E-state index in [0.29, 0.717) is 35.3 Å². The number of thioether (sulfide) groups is 1. The van der Waals surface area contributed by atoms with Gasteiger partial charge >= 0.3 is 0 Å². The van der Waals surface area contributed by atoms with E-state index >= 15 is 0 Å². The van der Waals surface area contributed by atoms with Gasteiger partial charge in [-0.15, -0.1) is 6.42 Å². The lowest BCUT2D eigenvalue weighted by molar-refractivity contribution is -0.122. The van der Waals surface area contributed by atoms with Gasteiger partial charge in [-0.2, -0.15) is 0 Å². The Morgan fingerprint density at radius 2 is 1.88 bits per heavy atom.